The maximum absolute atomic E-state index is 12.2. The van der Waals surface area contributed by atoms with Gasteiger partial charge in [-0.25, -0.2) is 4.79 Å². The molecule has 0 aliphatic rings. The first-order valence-electron chi connectivity index (χ1n) is 8.64. The lowest BCUT2D eigenvalue weighted by molar-refractivity contribution is 0.0121. The third-order valence-corrected chi connectivity index (χ3v) is 3.81. The van der Waals surface area contributed by atoms with Gasteiger partial charge >= 0.3 is 6.09 Å². The van der Waals surface area contributed by atoms with Crippen LogP contribution in [0.5, 0.6) is 11.5 Å². The van der Waals surface area contributed by atoms with Crippen molar-refractivity contribution >= 4 is 17.7 Å². The molecule has 0 aromatic heterocycles. The highest BCUT2D eigenvalue weighted by Gasteiger charge is 2.21. The third kappa shape index (κ3) is 7.46. The Labute approximate surface area is 164 Å². The number of carbonyl (C=O) groups excluding carboxylic acids is 1. The van der Waals surface area contributed by atoms with Gasteiger partial charge < -0.3 is 14.7 Å². The molecule has 146 valence electrons. The lowest BCUT2D eigenvalue weighted by Gasteiger charge is -2.27. The minimum Gasteiger partial charge on any atom is -0.457 e. The van der Waals surface area contributed by atoms with Gasteiger partial charge in [-0.05, 0) is 69.2 Å². The van der Waals surface area contributed by atoms with Crippen LogP contribution in [0.15, 0.2) is 48.5 Å². The Hall–Kier alpha value is -2.28. The molecule has 0 aliphatic carbocycles. The zero-order chi connectivity index (χ0) is 19.9. The Bertz CT molecular complexity index is 727. The van der Waals surface area contributed by atoms with Gasteiger partial charge in [-0.3, -0.25) is 4.90 Å². The molecular formula is C20H25ClN2O4. The van der Waals surface area contributed by atoms with E-state index in [9.17, 15) is 4.79 Å². The fourth-order valence-electron chi connectivity index (χ4n) is 2.27. The number of nitrogens with zero attached hydrogens (tertiary/aromatic N) is 1. The molecule has 0 heterocycles. The topological polar surface area (TPSA) is 71.0 Å². The van der Waals surface area contributed by atoms with E-state index in [0.29, 0.717) is 29.5 Å². The normalized spacial score (nSPS) is 11.1. The fourth-order valence-corrected chi connectivity index (χ4v) is 2.40. The van der Waals surface area contributed by atoms with Crippen LogP contribution in [-0.2, 0) is 11.2 Å². The van der Waals surface area contributed by atoms with E-state index in [2.05, 4.69) is 0 Å². The Morgan fingerprint density at radius 2 is 1.63 bits per heavy atom. The molecule has 27 heavy (non-hydrogen) atoms. The molecule has 2 aromatic rings. The second kappa shape index (κ2) is 9.60. The second-order valence-electron chi connectivity index (χ2n) is 7.01. The summed E-state index contributed by atoms with van der Waals surface area (Å²) < 4.78 is 11.1. The number of hydroxylamine groups is 1. The molecule has 6 nitrogen and oxygen atoms in total. The number of hydrogen-bond donors (Lipinski definition) is 2. The minimum atomic E-state index is -0.592. The smallest absolute Gasteiger partial charge is 0.411 e. The SMILES string of the molecule is CC(C)(C)OC(=O)N(CCc1ccc(Oc2ccc(Cl)cc2)cc1)CNO. The quantitative estimate of drug-likeness (QED) is 0.520. The predicted octanol–water partition coefficient (Wildman–Crippen LogP) is 4.85. The van der Waals surface area contributed by atoms with Crippen LogP contribution >= 0.6 is 11.6 Å². The van der Waals surface area contributed by atoms with E-state index in [-0.39, 0.29) is 6.67 Å². The Balaban J connectivity index is 1.92. The van der Waals surface area contributed by atoms with Gasteiger partial charge in [0.05, 0.1) is 6.67 Å². The van der Waals surface area contributed by atoms with Gasteiger partial charge in [-0.1, -0.05) is 23.7 Å². The highest BCUT2D eigenvalue weighted by Crippen LogP contribution is 2.23. The molecule has 7 heteroatoms. The summed E-state index contributed by atoms with van der Waals surface area (Å²) in [4.78, 5) is 13.6. The van der Waals surface area contributed by atoms with E-state index < -0.39 is 11.7 Å². The third-order valence-electron chi connectivity index (χ3n) is 3.56. The van der Waals surface area contributed by atoms with E-state index in [4.69, 9.17) is 26.3 Å². The van der Waals surface area contributed by atoms with Crippen molar-refractivity contribution in [3.8, 4) is 11.5 Å². The number of rotatable bonds is 7. The van der Waals surface area contributed by atoms with E-state index in [1.807, 2.05) is 29.7 Å². The highest BCUT2D eigenvalue weighted by molar-refractivity contribution is 6.30. The molecule has 2 aromatic carbocycles. The van der Waals surface area contributed by atoms with Crippen LogP contribution in [0.25, 0.3) is 0 Å². The van der Waals surface area contributed by atoms with Crippen LogP contribution in [-0.4, -0.2) is 35.0 Å². The molecule has 0 saturated heterocycles. The van der Waals surface area contributed by atoms with Crippen LogP contribution < -0.4 is 10.2 Å². The zero-order valence-corrected chi connectivity index (χ0v) is 16.5. The van der Waals surface area contributed by atoms with Crippen molar-refractivity contribution in [1.29, 1.82) is 0 Å². The first kappa shape index (κ1) is 21.0. The molecule has 0 spiro atoms. The van der Waals surface area contributed by atoms with E-state index in [1.165, 1.54) is 4.90 Å². The molecule has 2 N–H and O–H groups in total. The summed E-state index contributed by atoms with van der Waals surface area (Å²) in [6.07, 6.45) is 0.133. The Morgan fingerprint density at radius 1 is 1.07 bits per heavy atom. The van der Waals surface area contributed by atoms with Crippen LogP contribution in [0.2, 0.25) is 5.02 Å². The highest BCUT2D eigenvalue weighted by atomic mass is 35.5. The van der Waals surface area contributed by atoms with Gasteiger partial charge in [0, 0.05) is 11.6 Å². The first-order valence-corrected chi connectivity index (χ1v) is 9.02. The van der Waals surface area contributed by atoms with Gasteiger partial charge in [0.1, 0.15) is 17.1 Å². The fraction of sp³-hybridized carbons (Fsp3) is 0.350. The zero-order valence-electron chi connectivity index (χ0n) is 15.7. The summed E-state index contributed by atoms with van der Waals surface area (Å²) in [5.74, 6) is 1.42. The van der Waals surface area contributed by atoms with Gasteiger partial charge in [0.2, 0.25) is 0 Å². The van der Waals surface area contributed by atoms with Crippen LogP contribution in [0.3, 0.4) is 0 Å². The average Bonchev–Trinajstić information content (AvgIpc) is 2.60. The summed E-state index contributed by atoms with van der Waals surface area (Å²) in [7, 11) is 0. The lowest BCUT2D eigenvalue weighted by atomic mass is 10.1. The number of benzene rings is 2. The summed E-state index contributed by atoms with van der Waals surface area (Å²) in [6, 6.07) is 14.7. The molecule has 2 rings (SSSR count). The van der Waals surface area contributed by atoms with E-state index >= 15 is 0 Å². The molecule has 0 aliphatic heterocycles. The van der Waals surface area contributed by atoms with Crippen molar-refractivity contribution < 1.29 is 19.5 Å². The Kier molecular flexibility index (Phi) is 7.47. The first-order chi connectivity index (χ1) is 12.8. The molecule has 0 unspecified atom stereocenters. The lowest BCUT2D eigenvalue weighted by Crippen LogP contribution is -2.42. The molecule has 0 atom stereocenters. The second-order valence-corrected chi connectivity index (χ2v) is 7.45. The maximum Gasteiger partial charge on any atom is 0.411 e. The number of nitrogens with one attached hydrogen (secondary N) is 1. The minimum absolute atomic E-state index is 0.00727. The van der Waals surface area contributed by atoms with Gasteiger partial charge in [-0.2, -0.15) is 5.48 Å². The van der Waals surface area contributed by atoms with Gasteiger partial charge in [-0.15, -0.1) is 0 Å². The van der Waals surface area contributed by atoms with Gasteiger partial charge in [0.15, 0.2) is 0 Å². The number of hydrogen-bond acceptors (Lipinski definition) is 5. The summed E-state index contributed by atoms with van der Waals surface area (Å²) in [5, 5.41) is 9.61. The van der Waals surface area contributed by atoms with Crippen molar-refractivity contribution in [3.63, 3.8) is 0 Å². The van der Waals surface area contributed by atoms with Crippen LogP contribution in [0, 0.1) is 0 Å². The number of carbonyl (C=O) groups is 1. The van der Waals surface area contributed by atoms with Crippen molar-refractivity contribution in [2.75, 3.05) is 13.2 Å². The Morgan fingerprint density at radius 3 is 2.15 bits per heavy atom. The standard InChI is InChI=1S/C20H25ClN2O4/c1-20(2,3)27-19(24)23(14-22-25)13-12-15-4-8-17(9-5-15)26-18-10-6-16(21)7-11-18/h4-11,22,25H,12-14H2,1-3H3. The molecule has 0 bridgehead atoms. The molecule has 1 amide bonds. The molecule has 0 saturated carbocycles. The summed E-state index contributed by atoms with van der Waals surface area (Å²) in [5.41, 5.74) is 2.45. The van der Waals surface area contributed by atoms with Gasteiger partial charge in [0.25, 0.3) is 0 Å². The van der Waals surface area contributed by atoms with Crippen molar-refractivity contribution in [2.45, 2.75) is 32.8 Å². The predicted molar refractivity (Wildman–Crippen MR) is 104 cm³/mol. The summed E-state index contributed by atoms with van der Waals surface area (Å²) in [6.45, 7) is 5.80. The number of amides is 1. The molecule has 0 radical (unpaired) electrons. The maximum atomic E-state index is 12.2. The summed E-state index contributed by atoms with van der Waals surface area (Å²) >= 11 is 5.86. The van der Waals surface area contributed by atoms with Crippen molar-refractivity contribution in [1.82, 2.24) is 10.4 Å². The van der Waals surface area contributed by atoms with Crippen LogP contribution in [0.4, 0.5) is 4.79 Å². The number of ether oxygens (including phenoxy) is 2. The monoisotopic (exact) mass is 392 g/mol. The molecule has 0 fully saturated rings. The van der Waals surface area contributed by atoms with Crippen LogP contribution in [0.1, 0.15) is 26.3 Å². The van der Waals surface area contributed by atoms with Crippen molar-refractivity contribution in [3.05, 3.63) is 59.1 Å². The van der Waals surface area contributed by atoms with E-state index in [0.717, 1.165) is 5.56 Å². The van der Waals surface area contributed by atoms with E-state index in [1.54, 1.807) is 45.0 Å². The van der Waals surface area contributed by atoms with Crippen molar-refractivity contribution in [2.24, 2.45) is 0 Å². The molecular weight excluding hydrogens is 368 g/mol. The average molecular weight is 393 g/mol. The largest absolute Gasteiger partial charge is 0.457 e. The number of halogens is 1.